The second kappa shape index (κ2) is 11.6. The summed E-state index contributed by atoms with van der Waals surface area (Å²) in [6.07, 6.45) is 2.39. The Morgan fingerprint density at radius 1 is 1.03 bits per heavy atom. The van der Waals surface area contributed by atoms with Crippen molar-refractivity contribution in [3.8, 4) is 17.3 Å². The van der Waals surface area contributed by atoms with Crippen molar-refractivity contribution in [2.45, 2.75) is 33.6 Å². The summed E-state index contributed by atoms with van der Waals surface area (Å²) in [5, 5.41) is 15.4. The van der Waals surface area contributed by atoms with Crippen molar-refractivity contribution in [2.75, 3.05) is 31.5 Å². The standard InChI is InChI=1S/C29H37N5/c1-6-15-34(16-7-2)17-14-32-26-11-10-23-18-25(9-8-24(23)19-26)29-13-12-28(33(29)5)21(3)27(20-30)22(4)31/h8-13,18-19,32H,4,6-7,14-17,31H2,1-3,5H3/b27-21+. The van der Waals surface area contributed by atoms with Crippen LogP contribution in [0.2, 0.25) is 0 Å². The van der Waals surface area contributed by atoms with Gasteiger partial charge in [-0.3, -0.25) is 0 Å². The molecule has 1 heterocycles. The molecule has 178 valence electrons. The molecule has 0 fully saturated rings. The van der Waals surface area contributed by atoms with Crippen LogP contribution in [0.5, 0.6) is 0 Å². The smallest absolute Gasteiger partial charge is 0.102 e. The Morgan fingerprint density at radius 3 is 2.35 bits per heavy atom. The number of nitrogens with zero attached hydrogens (tertiary/aromatic N) is 3. The van der Waals surface area contributed by atoms with E-state index >= 15 is 0 Å². The normalized spacial score (nSPS) is 12.0. The number of nitrogens with one attached hydrogen (secondary N) is 1. The van der Waals surface area contributed by atoms with Gasteiger partial charge in [0.2, 0.25) is 0 Å². The van der Waals surface area contributed by atoms with Crippen LogP contribution in [0.4, 0.5) is 5.69 Å². The van der Waals surface area contributed by atoms with Gasteiger partial charge in [0.15, 0.2) is 0 Å². The highest BCUT2D eigenvalue weighted by atomic mass is 15.1. The SMILES string of the molecule is C=C(N)/C(C#N)=C(\C)c1ccc(-c2ccc3cc(NCCN(CCC)CCC)ccc3c2)n1C. The second-order valence-electron chi connectivity index (χ2n) is 8.84. The van der Waals surface area contributed by atoms with Gasteiger partial charge in [-0.25, -0.2) is 0 Å². The maximum Gasteiger partial charge on any atom is 0.102 e. The van der Waals surface area contributed by atoms with Gasteiger partial charge >= 0.3 is 0 Å². The van der Waals surface area contributed by atoms with Crippen LogP contribution >= 0.6 is 0 Å². The van der Waals surface area contributed by atoms with E-state index < -0.39 is 0 Å². The molecule has 3 N–H and O–H groups in total. The number of hydrogen-bond donors (Lipinski definition) is 2. The monoisotopic (exact) mass is 455 g/mol. The molecule has 3 aromatic rings. The number of anilines is 1. The summed E-state index contributed by atoms with van der Waals surface area (Å²) in [6.45, 7) is 14.4. The summed E-state index contributed by atoms with van der Waals surface area (Å²) in [5.74, 6) is 0. The van der Waals surface area contributed by atoms with Crippen LogP contribution in [0.1, 0.15) is 39.3 Å². The predicted octanol–water partition coefficient (Wildman–Crippen LogP) is 6.15. The Hall–Kier alpha value is -3.49. The lowest BCUT2D eigenvalue weighted by molar-refractivity contribution is 0.285. The highest BCUT2D eigenvalue weighted by Crippen LogP contribution is 2.30. The number of fused-ring (bicyclic) bond motifs is 1. The number of rotatable bonds is 11. The Balaban J connectivity index is 1.79. The van der Waals surface area contributed by atoms with E-state index in [4.69, 9.17) is 5.73 Å². The summed E-state index contributed by atoms with van der Waals surface area (Å²) in [7, 11) is 2.01. The quantitative estimate of drug-likeness (QED) is 0.269. The molecule has 0 aliphatic rings. The van der Waals surface area contributed by atoms with Crippen LogP contribution in [-0.2, 0) is 7.05 Å². The van der Waals surface area contributed by atoms with Crippen molar-refractivity contribution in [3.63, 3.8) is 0 Å². The maximum atomic E-state index is 9.45. The van der Waals surface area contributed by atoms with Crippen LogP contribution in [0.25, 0.3) is 27.6 Å². The van der Waals surface area contributed by atoms with Gasteiger partial charge in [0.05, 0.1) is 5.57 Å². The van der Waals surface area contributed by atoms with Gasteiger partial charge in [0.25, 0.3) is 0 Å². The van der Waals surface area contributed by atoms with Gasteiger partial charge in [-0.05, 0) is 85.1 Å². The van der Waals surface area contributed by atoms with Crippen molar-refractivity contribution in [1.82, 2.24) is 9.47 Å². The summed E-state index contributed by atoms with van der Waals surface area (Å²) in [5.41, 5.74) is 11.7. The van der Waals surface area contributed by atoms with E-state index in [-0.39, 0.29) is 0 Å². The minimum atomic E-state index is 0.293. The molecule has 34 heavy (non-hydrogen) atoms. The average molecular weight is 456 g/mol. The van der Waals surface area contributed by atoms with Crippen LogP contribution < -0.4 is 11.1 Å². The zero-order chi connectivity index (χ0) is 24.7. The summed E-state index contributed by atoms with van der Waals surface area (Å²) in [4.78, 5) is 2.52. The molecule has 5 heteroatoms. The van der Waals surface area contributed by atoms with Gasteiger partial charge in [-0.1, -0.05) is 38.6 Å². The predicted molar refractivity (Wildman–Crippen MR) is 145 cm³/mol. The van der Waals surface area contributed by atoms with E-state index in [9.17, 15) is 5.26 Å². The topological polar surface area (TPSA) is 70.0 Å². The van der Waals surface area contributed by atoms with Crippen molar-refractivity contribution >= 4 is 22.0 Å². The average Bonchev–Trinajstić information content (AvgIpc) is 3.20. The van der Waals surface area contributed by atoms with Gasteiger partial charge in [-0.15, -0.1) is 0 Å². The fourth-order valence-corrected chi connectivity index (χ4v) is 4.54. The molecular weight excluding hydrogens is 418 g/mol. The van der Waals surface area contributed by atoms with E-state index in [2.05, 4.69) is 83.7 Å². The van der Waals surface area contributed by atoms with Crippen LogP contribution in [-0.4, -0.2) is 35.6 Å². The fraction of sp³-hybridized carbons (Fsp3) is 0.345. The highest BCUT2D eigenvalue weighted by Gasteiger charge is 2.13. The second-order valence-corrected chi connectivity index (χ2v) is 8.84. The first-order chi connectivity index (χ1) is 16.4. The van der Waals surface area contributed by atoms with E-state index in [0.717, 1.165) is 54.4 Å². The number of benzene rings is 2. The Kier molecular flexibility index (Phi) is 8.56. The fourth-order valence-electron chi connectivity index (χ4n) is 4.54. The molecule has 0 spiro atoms. The molecule has 0 saturated carbocycles. The molecule has 0 atom stereocenters. The molecule has 0 radical (unpaired) electrons. The zero-order valence-corrected chi connectivity index (χ0v) is 21.0. The molecule has 1 aromatic heterocycles. The van der Waals surface area contributed by atoms with Crippen molar-refractivity contribution in [3.05, 3.63) is 72.1 Å². The Bertz CT molecular complexity index is 1220. The number of hydrogen-bond acceptors (Lipinski definition) is 4. The van der Waals surface area contributed by atoms with Crippen molar-refractivity contribution in [2.24, 2.45) is 12.8 Å². The molecule has 2 aromatic carbocycles. The minimum Gasteiger partial charge on any atom is -0.398 e. The van der Waals surface area contributed by atoms with Crippen LogP contribution in [0, 0.1) is 11.3 Å². The summed E-state index contributed by atoms with van der Waals surface area (Å²) in [6, 6.07) is 19.4. The molecule has 0 aliphatic carbocycles. The molecular formula is C29H37N5. The molecule has 0 unspecified atom stereocenters. The first-order valence-corrected chi connectivity index (χ1v) is 12.1. The van der Waals surface area contributed by atoms with E-state index in [1.165, 1.54) is 23.6 Å². The highest BCUT2D eigenvalue weighted by molar-refractivity contribution is 5.89. The van der Waals surface area contributed by atoms with Crippen molar-refractivity contribution < 1.29 is 0 Å². The van der Waals surface area contributed by atoms with Gasteiger partial charge in [-0.2, -0.15) is 5.26 Å². The third-order valence-corrected chi connectivity index (χ3v) is 6.29. The number of aromatic nitrogens is 1. The largest absolute Gasteiger partial charge is 0.398 e. The molecule has 3 rings (SSSR count). The number of nitrogens with two attached hydrogens (primary N) is 1. The van der Waals surface area contributed by atoms with Crippen LogP contribution in [0.3, 0.4) is 0 Å². The molecule has 0 bridgehead atoms. The Labute approximate surface area is 204 Å². The lowest BCUT2D eigenvalue weighted by Crippen LogP contribution is -2.30. The lowest BCUT2D eigenvalue weighted by Gasteiger charge is -2.21. The first kappa shape index (κ1) is 25.1. The van der Waals surface area contributed by atoms with Crippen molar-refractivity contribution in [1.29, 1.82) is 5.26 Å². The number of allylic oxidation sites excluding steroid dienone is 2. The molecule has 0 saturated heterocycles. The third kappa shape index (κ3) is 5.70. The summed E-state index contributed by atoms with van der Waals surface area (Å²) >= 11 is 0. The van der Waals surface area contributed by atoms with E-state index in [1.54, 1.807) is 0 Å². The molecule has 0 aliphatic heterocycles. The number of nitriles is 1. The van der Waals surface area contributed by atoms with E-state index in [0.29, 0.717) is 11.3 Å². The third-order valence-electron chi connectivity index (χ3n) is 6.29. The van der Waals surface area contributed by atoms with Gasteiger partial charge < -0.3 is 20.5 Å². The zero-order valence-electron chi connectivity index (χ0n) is 21.0. The van der Waals surface area contributed by atoms with Crippen LogP contribution in [0.15, 0.2) is 66.4 Å². The van der Waals surface area contributed by atoms with Gasteiger partial charge in [0, 0.05) is 42.9 Å². The Morgan fingerprint density at radius 2 is 1.71 bits per heavy atom. The van der Waals surface area contributed by atoms with E-state index in [1.807, 2.05) is 20.0 Å². The lowest BCUT2D eigenvalue weighted by atomic mass is 10.0. The minimum absolute atomic E-state index is 0.293. The molecule has 0 amide bonds. The maximum absolute atomic E-state index is 9.45. The first-order valence-electron chi connectivity index (χ1n) is 12.1. The molecule has 5 nitrogen and oxygen atoms in total. The van der Waals surface area contributed by atoms with Gasteiger partial charge in [0.1, 0.15) is 6.07 Å². The summed E-state index contributed by atoms with van der Waals surface area (Å²) < 4.78 is 2.10.